The van der Waals surface area contributed by atoms with Crippen molar-refractivity contribution in [2.45, 2.75) is 297 Å². The summed E-state index contributed by atoms with van der Waals surface area (Å²) in [5, 5.41) is 0. The molecule has 0 N–H and O–H groups in total. The average molecular weight is 964 g/mol. The van der Waals surface area contributed by atoms with Crippen LogP contribution in [0.15, 0.2) is 72.9 Å². The number of hydrogen-bond donors (Lipinski definition) is 0. The van der Waals surface area contributed by atoms with Crippen molar-refractivity contribution in [1.82, 2.24) is 0 Å². The van der Waals surface area contributed by atoms with E-state index >= 15 is 0 Å². The van der Waals surface area contributed by atoms with E-state index in [1.165, 1.54) is 167 Å². The minimum Gasteiger partial charge on any atom is -0.462 e. The van der Waals surface area contributed by atoms with Crippen molar-refractivity contribution >= 4 is 17.9 Å². The van der Waals surface area contributed by atoms with Gasteiger partial charge in [0, 0.05) is 19.3 Å². The first-order valence-electron chi connectivity index (χ1n) is 29.4. The third-order valence-corrected chi connectivity index (χ3v) is 12.7. The molecule has 0 spiro atoms. The van der Waals surface area contributed by atoms with Crippen LogP contribution >= 0.6 is 0 Å². The second kappa shape index (κ2) is 57.4. The summed E-state index contributed by atoms with van der Waals surface area (Å²) in [6.45, 7) is 6.49. The minimum absolute atomic E-state index is 0.102. The van der Waals surface area contributed by atoms with E-state index in [2.05, 4.69) is 87.6 Å². The number of carbonyl (C=O) groups excluding carboxylic acids is 3. The summed E-state index contributed by atoms with van der Waals surface area (Å²) in [5.41, 5.74) is 0. The Kier molecular flexibility index (Phi) is 54.8. The zero-order valence-corrected chi connectivity index (χ0v) is 45.6. The predicted molar refractivity (Wildman–Crippen MR) is 298 cm³/mol. The number of allylic oxidation sites excluding steroid dienone is 12. The van der Waals surface area contributed by atoms with Gasteiger partial charge in [-0.3, -0.25) is 14.4 Å². The smallest absolute Gasteiger partial charge is 0.306 e. The summed E-state index contributed by atoms with van der Waals surface area (Å²) in [7, 11) is 0. The Morgan fingerprint density at radius 2 is 0.565 bits per heavy atom. The molecule has 0 aromatic carbocycles. The maximum absolute atomic E-state index is 12.8. The highest BCUT2D eigenvalue weighted by atomic mass is 16.6. The molecule has 0 rings (SSSR count). The molecule has 0 aliphatic heterocycles. The van der Waals surface area contributed by atoms with Crippen LogP contribution in [0, 0.1) is 0 Å². The monoisotopic (exact) mass is 963 g/mol. The standard InChI is InChI=1S/C63H110O6/c1-4-7-10-13-16-19-22-25-27-29-31-33-34-36-38-41-44-47-50-53-56-62(65)68-59-60(58-67-61(64)55-52-49-46-43-40-24-21-18-15-12-9-6-3)69-63(66)57-54-51-48-45-42-39-37-35-32-30-28-26-23-20-17-14-11-8-5-2/h8,11,17,20,26,28,32,35,39,42,48,51,60H,4-7,9-10,12-16,18-19,21-25,27,29-31,33-34,36-38,40-41,43-47,49-50,52-59H2,1-3H3/b11-8-,20-17-,28-26-,35-32-,42-39-,51-48-. The van der Waals surface area contributed by atoms with Crippen LogP contribution in [-0.4, -0.2) is 37.2 Å². The second-order valence-electron chi connectivity index (χ2n) is 19.5. The molecule has 0 aromatic heterocycles. The predicted octanol–water partition coefficient (Wildman–Crippen LogP) is 19.8. The van der Waals surface area contributed by atoms with Crippen LogP contribution in [0.25, 0.3) is 0 Å². The topological polar surface area (TPSA) is 78.9 Å². The Bertz CT molecular complexity index is 1290. The molecule has 0 radical (unpaired) electrons. The maximum atomic E-state index is 12.8. The first kappa shape index (κ1) is 65.8. The fraction of sp³-hybridized carbons (Fsp3) is 0.762. The molecule has 1 atom stereocenters. The molecule has 398 valence electrons. The van der Waals surface area contributed by atoms with E-state index < -0.39 is 6.10 Å². The van der Waals surface area contributed by atoms with Crippen LogP contribution in [0.5, 0.6) is 0 Å². The van der Waals surface area contributed by atoms with Crippen LogP contribution in [0.4, 0.5) is 0 Å². The van der Waals surface area contributed by atoms with Crippen LogP contribution in [0.1, 0.15) is 290 Å². The van der Waals surface area contributed by atoms with Gasteiger partial charge >= 0.3 is 17.9 Å². The molecule has 0 saturated heterocycles. The van der Waals surface area contributed by atoms with E-state index in [0.29, 0.717) is 19.3 Å². The van der Waals surface area contributed by atoms with Crippen molar-refractivity contribution in [2.75, 3.05) is 13.2 Å². The number of carbonyl (C=O) groups is 3. The number of rotatable bonds is 53. The van der Waals surface area contributed by atoms with Crippen molar-refractivity contribution in [3.05, 3.63) is 72.9 Å². The van der Waals surface area contributed by atoms with E-state index in [9.17, 15) is 14.4 Å². The summed E-state index contributed by atoms with van der Waals surface area (Å²) >= 11 is 0. The highest BCUT2D eigenvalue weighted by Gasteiger charge is 2.19. The lowest BCUT2D eigenvalue weighted by molar-refractivity contribution is -0.166. The first-order valence-corrected chi connectivity index (χ1v) is 29.4. The lowest BCUT2D eigenvalue weighted by atomic mass is 10.0. The van der Waals surface area contributed by atoms with Crippen molar-refractivity contribution in [1.29, 1.82) is 0 Å². The summed E-state index contributed by atoms with van der Waals surface area (Å²) < 4.78 is 16.8. The molecule has 6 nitrogen and oxygen atoms in total. The van der Waals surface area contributed by atoms with E-state index in [1.807, 2.05) is 6.08 Å². The normalized spacial score (nSPS) is 12.6. The van der Waals surface area contributed by atoms with Crippen molar-refractivity contribution in [3.63, 3.8) is 0 Å². The third-order valence-electron chi connectivity index (χ3n) is 12.7. The Morgan fingerprint density at radius 3 is 0.855 bits per heavy atom. The van der Waals surface area contributed by atoms with Crippen LogP contribution in [-0.2, 0) is 28.6 Å². The Morgan fingerprint density at radius 1 is 0.304 bits per heavy atom. The lowest BCUT2D eigenvalue weighted by Crippen LogP contribution is -2.30. The summed E-state index contributed by atoms with van der Waals surface area (Å²) in [4.78, 5) is 38.1. The maximum Gasteiger partial charge on any atom is 0.306 e. The number of hydrogen-bond acceptors (Lipinski definition) is 6. The summed E-state index contributed by atoms with van der Waals surface area (Å²) in [6.07, 6.45) is 73.4. The van der Waals surface area contributed by atoms with Gasteiger partial charge in [0.05, 0.1) is 0 Å². The van der Waals surface area contributed by atoms with Gasteiger partial charge in [-0.2, -0.15) is 0 Å². The number of esters is 3. The fourth-order valence-electron chi connectivity index (χ4n) is 8.35. The van der Waals surface area contributed by atoms with Gasteiger partial charge in [-0.05, 0) is 57.8 Å². The van der Waals surface area contributed by atoms with Gasteiger partial charge in [-0.15, -0.1) is 0 Å². The SMILES string of the molecule is CC/C=C\C/C=C\C/C=C\C/C=C\C/C=C\C/C=C\CCC(=O)OC(COC(=O)CCCCCCCCCCCCCC)COC(=O)CCCCCCCCCCCCCCCCCCCCCC. The highest BCUT2D eigenvalue weighted by molar-refractivity contribution is 5.71. The molecule has 6 heteroatoms. The molecule has 0 amide bonds. The second-order valence-corrected chi connectivity index (χ2v) is 19.5. The minimum atomic E-state index is -0.812. The lowest BCUT2D eigenvalue weighted by Gasteiger charge is -2.18. The molecule has 0 aliphatic rings. The quantitative estimate of drug-likeness (QED) is 0.0262. The van der Waals surface area contributed by atoms with Gasteiger partial charge in [-0.25, -0.2) is 0 Å². The zero-order chi connectivity index (χ0) is 50.0. The molecule has 1 unspecified atom stereocenters. The molecule has 0 bridgehead atoms. The van der Waals surface area contributed by atoms with Crippen molar-refractivity contribution in [2.24, 2.45) is 0 Å². The van der Waals surface area contributed by atoms with Crippen molar-refractivity contribution < 1.29 is 28.6 Å². The van der Waals surface area contributed by atoms with E-state index in [-0.39, 0.29) is 37.5 Å². The van der Waals surface area contributed by atoms with Crippen LogP contribution in [0.3, 0.4) is 0 Å². The number of unbranched alkanes of at least 4 members (excludes halogenated alkanes) is 30. The van der Waals surface area contributed by atoms with E-state index in [1.54, 1.807) is 0 Å². The Balaban J connectivity index is 4.41. The van der Waals surface area contributed by atoms with Gasteiger partial charge in [0.25, 0.3) is 0 Å². The van der Waals surface area contributed by atoms with Gasteiger partial charge in [0.2, 0.25) is 0 Å². The van der Waals surface area contributed by atoms with Crippen LogP contribution in [0.2, 0.25) is 0 Å². The largest absolute Gasteiger partial charge is 0.462 e. The molecule has 0 heterocycles. The average Bonchev–Trinajstić information content (AvgIpc) is 3.35. The molecular formula is C63H110O6. The Hall–Kier alpha value is -3.15. The summed E-state index contributed by atoms with van der Waals surface area (Å²) in [6, 6.07) is 0. The van der Waals surface area contributed by atoms with Gasteiger partial charge in [-0.1, -0.05) is 286 Å². The molecule has 0 aliphatic carbocycles. The molecule has 0 fully saturated rings. The third kappa shape index (κ3) is 55.6. The Labute approximate surface area is 427 Å². The summed E-state index contributed by atoms with van der Waals surface area (Å²) in [5.74, 6) is -0.974. The van der Waals surface area contributed by atoms with Crippen molar-refractivity contribution in [3.8, 4) is 0 Å². The molecular weight excluding hydrogens is 853 g/mol. The van der Waals surface area contributed by atoms with Gasteiger partial charge in [0.1, 0.15) is 13.2 Å². The van der Waals surface area contributed by atoms with E-state index in [4.69, 9.17) is 14.2 Å². The molecule has 0 saturated carbocycles. The van der Waals surface area contributed by atoms with Gasteiger partial charge < -0.3 is 14.2 Å². The van der Waals surface area contributed by atoms with Crippen LogP contribution < -0.4 is 0 Å². The number of ether oxygens (including phenoxy) is 3. The zero-order valence-electron chi connectivity index (χ0n) is 45.6. The fourth-order valence-corrected chi connectivity index (χ4v) is 8.35. The van der Waals surface area contributed by atoms with Gasteiger partial charge in [0.15, 0.2) is 6.10 Å². The molecule has 0 aromatic rings. The highest BCUT2D eigenvalue weighted by Crippen LogP contribution is 2.17. The first-order chi connectivity index (χ1) is 34.0. The van der Waals surface area contributed by atoms with E-state index in [0.717, 1.165) is 77.0 Å². The molecule has 69 heavy (non-hydrogen) atoms.